The largest absolute Gasteiger partial charge is 0.320 e. The van der Waals surface area contributed by atoms with E-state index in [0.717, 1.165) is 18.2 Å². The second-order valence-corrected chi connectivity index (χ2v) is 5.06. The number of nitrogens with zero attached hydrogens (tertiary/aromatic N) is 1. The van der Waals surface area contributed by atoms with Crippen LogP contribution < -0.4 is 5.73 Å². The maximum Gasteiger partial charge on any atom is 0.0555 e. The first-order valence-electron chi connectivity index (χ1n) is 6.77. The van der Waals surface area contributed by atoms with Crippen LogP contribution in [0.3, 0.4) is 0 Å². The summed E-state index contributed by atoms with van der Waals surface area (Å²) in [6.07, 6.45) is 5.50. The molecular formula is C16H22N2. The van der Waals surface area contributed by atoms with E-state index in [1.807, 2.05) is 0 Å². The Morgan fingerprint density at radius 3 is 2.50 bits per heavy atom. The van der Waals surface area contributed by atoms with Crippen molar-refractivity contribution >= 4 is 0 Å². The van der Waals surface area contributed by atoms with Crippen LogP contribution in [0.5, 0.6) is 0 Å². The molecule has 0 radical (unpaired) electrons. The summed E-state index contributed by atoms with van der Waals surface area (Å²) in [5.41, 5.74) is 7.77. The predicted octanol–water partition coefficient (Wildman–Crippen LogP) is 2.37. The SMILES string of the molecule is CN(Cc1ccc(C#CCN)cc1)C1CCCC1. The molecule has 1 saturated carbocycles. The van der Waals surface area contributed by atoms with Crippen LogP contribution in [0.1, 0.15) is 36.8 Å². The molecule has 0 unspecified atom stereocenters. The van der Waals surface area contributed by atoms with Crippen LogP contribution in [0.4, 0.5) is 0 Å². The third-order valence-corrected chi connectivity index (χ3v) is 3.67. The van der Waals surface area contributed by atoms with Gasteiger partial charge in [-0.2, -0.15) is 0 Å². The highest BCUT2D eigenvalue weighted by molar-refractivity contribution is 5.36. The first kappa shape index (κ1) is 13.1. The Morgan fingerprint density at radius 2 is 1.89 bits per heavy atom. The van der Waals surface area contributed by atoms with E-state index < -0.39 is 0 Å². The van der Waals surface area contributed by atoms with Crippen LogP contribution in [0.15, 0.2) is 24.3 Å². The van der Waals surface area contributed by atoms with Gasteiger partial charge in [-0.25, -0.2) is 0 Å². The minimum absolute atomic E-state index is 0.423. The molecule has 0 heterocycles. The fourth-order valence-electron chi connectivity index (χ4n) is 2.61. The maximum absolute atomic E-state index is 5.36. The van der Waals surface area contributed by atoms with E-state index in [-0.39, 0.29) is 0 Å². The molecule has 0 amide bonds. The lowest BCUT2D eigenvalue weighted by Crippen LogP contribution is -2.28. The average molecular weight is 242 g/mol. The lowest BCUT2D eigenvalue weighted by atomic mass is 10.1. The molecule has 0 aromatic heterocycles. The Labute approximate surface area is 110 Å². The molecule has 2 nitrogen and oxygen atoms in total. The van der Waals surface area contributed by atoms with Crippen molar-refractivity contribution in [3.05, 3.63) is 35.4 Å². The molecule has 2 N–H and O–H groups in total. The summed E-state index contributed by atoms with van der Waals surface area (Å²) in [7, 11) is 2.23. The summed E-state index contributed by atoms with van der Waals surface area (Å²) < 4.78 is 0. The topological polar surface area (TPSA) is 29.3 Å². The molecular weight excluding hydrogens is 220 g/mol. The number of benzene rings is 1. The Hall–Kier alpha value is -1.30. The van der Waals surface area contributed by atoms with Crippen molar-refractivity contribution in [1.29, 1.82) is 0 Å². The molecule has 0 aliphatic heterocycles. The quantitative estimate of drug-likeness (QED) is 0.825. The summed E-state index contributed by atoms with van der Waals surface area (Å²) in [5, 5.41) is 0. The van der Waals surface area contributed by atoms with E-state index in [1.165, 1.54) is 31.2 Å². The van der Waals surface area contributed by atoms with E-state index in [1.54, 1.807) is 0 Å². The van der Waals surface area contributed by atoms with E-state index in [0.29, 0.717) is 6.54 Å². The van der Waals surface area contributed by atoms with Gasteiger partial charge in [0, 0.05) is 18.2 Å². The molecule has 2 rings (SSSR count). The number of rotatable bonds is 3. The smallest absolute Gasteiger partial charge is 0.0555 e. The van der Waals surface area contributed by atoms with Gasteiger partial charge in [0.05, 0.1) is 6.54 Å². The highest BCUT2D eigenvalue weighted by atomic mass is 15.1. The van der Waals surface area contributed by atoms with E-state index in [9.17, 15) is 0 Å². The molecule has 96 valence electrons. The lowest BCUT2D eigenvalue weighted by molar-refractivity contribution is 0.237. The Kier molecular flexibility index (Phi) is 4.81. The molecule has 0 spiro atoms. The maximum atomic E-state index is 5.36. The molecule has 1 aliphatic carbocycles. The molecule has 0 saturated heterocycles. The van der Waals surface area contributed by atoms with Gasteiger partial charge in [0.15, 0.2) is 0 Å². The molecule has 1 aromatic carbocycles. The Bertz CT molecular complexity index is 419. The van der Waals surface area contributed by atoms with Gasteiger partial charge in [-0.3, -0.25) is 4.90 Å². The third-order valence-electron chi connectivity index (χ3n) is 3.67. The van der Waals surface area contributed by atoms with E-state index in [2.05, 4.69) is 48.1 Å². The second-order valence-electron chi connectivity index (χ2n) is 5.06. The fourth-order valence-corrected chi connectivity index (χ4v) is 2.61. The molecule has 0 bridgehead atoms. The number of hydrogen-bond acceptors (Lipinski definition) is 2. The second kappa shape index (κ2) is 6.58. The Morgan fingerprint density at radius 1 is 1.22 bits per heavy atom. The summed E-state index contributed by atoms with van der Waals surface area (Å²) in [4.78, 5) is 2.48. The molecule has 1 fully saturated rings. The standard InChI is InChI=1S/C16H22N2/c1-18(16-6-2-3-7-16)13-15-10-8-14(9-11-15)5-4-12-17/h8-11,16H,2-3,6-7,12-13,17H2,1H3. The zero-order valence-electron chi connectivity index (χ0n) is 11.2. The van der Waals surface area contributed by atoms with Crippen molar-refractivity contribution < 1.29 is 0 Å². The van der Waals surface area contributed by atoms with Crippen molar-refractivity contribution in [1.82, 2.24) is 4.90 Å². The van der Waals surface area contributed by atoms with Crippen LogP contribution in [0, 0.1) is 11.8 Å². The summed E-state index contributed by atoms with van der Waals surface area (Å²) in [6, 6.07) is 9.29. The monoisotopic (exact) mass is 242 g/mol. The van der Waals surface area contributed by atoms with Crippen LogP contribution >= 0.6 is 0 Å². The number of nitrogens with two attached hydrogens (primary N) is 1. The van der Waals surface area contributed by atoms with Crippen LogP contribution in [0.25, 0.3) is 0 Å². The van der Waals surface area contributed by atoms with Gasteiger partial charge in [0.2, 0.25) is 0 Å². The van der Waals surface area contributed by atoms with Gasteiger partial charge in [-0.15, -0.1) is 0 Å². The molecule has 1 aromatic rings. The van der Waals surface area contributed by atoms with Crippen LogP contribution in [-0.4, -0.2) is 24.5 Å². The van der Waals surface area contributed by atoms with Crippen molar-refractivity contribution in [2.24, 2.45) is 5.73 Å². The zero-order chi connectivity index (χ0) is 12.8. The number of hydrogen-bond donors (Lipinski definition) is 1. The van der Waals surface area contributed by atoms with Crippen LogP contribution in [-0.2, 0) is 6.54 Å². The van der Waals surface area contributed by atoms with Gasteiger partial charge < -0.3 is 5.73 Å². The summed E-state index contributed by atoms with van der Waals surface area (Å²) in [6.45, 7) is 1.46. The first-order chi connectivity index (χ1) is 8.79. The normalized spacial score (nSPS) is 15.7. The zero-order valence-corrected chi connectivity index (χ0v) is 11.2. The van der Waals surface area contributed by atoms with Gasteiger partial charge in [0.1, 0.15) is 0 Å². The summed E-state index contributed by atoms with van der Waals surface area (Å²) in [5.74, 6) is 5.93. The van der Waals surface area contributed by atoms with Crippen LogP contribution in [0.2, 0.25) is 0 Å². The van der Waals surface area contributed by atoms with Gasteiger partial charge >= 0.3 is 0 Å². The minimum atomic E-state index is 0.423. The highest BCUT2D eigenvalue weighted by Crippen LogP contribution is 2.23. The van der Waals surface area contributed by atoms with Crippen molar-refractivity contribution in [2.75, 3.05) is 13.6 Å². The molecule has 2 heteroatoms. The average Bonchev–Trinajstić information content (AvgIpc) is 2.92. The fraction of sp³-hybridized carbons (Fsp3) is 0.500. The lowest BCUT2D eigenvalue weighted by Gasteiger charge is -2.23. The predicted molar refractivity (Wildman–Crippen MR) is 76.1 cm³/mol. The molecule has 1 aliphatic rings. The van der Waals surface area contributed by atoms with E-state index >= 15 is 0 Å². The summed E-state index contributed by atoms with van der Waals surface area (Å²) >= 11 is 0. The van der Waals surface area contributed by atoms with Gasteiger partial charge in [-0.05, 0) is 37.6 Å². The van der Waals surface area contributed by atoms with Crippen molar-refractivity contribution in [2.45, 2.75) is 38.3 Å². The van der Waals surface area contributed by atoms with E-state index in [4.69, 9.17) is 5.73 Å². The van der Waals surface area contributed by atoms with Crippen molar-refractivity contribution in [3.8, 4) is 11.8 Å². The third kappa shape index (κ3) is 3.60. The van der Waals surface area contributed by atoms with Gasteiger partial charge in [0.25, 0.3) is 0 Å². The Balaban J connectivity index is 1.93. The highest BCUT2D eigenvalue weighted by Gasteiger charge is 2.19. The molecule has 0 atom stereocenters. The first-order valence-corrected chi connectivity index (χ1v) is 6.77. The van der Waals surface area contributed by atoms with Gasteiger partial charge in [-0.1, -0.05) is 36.8 Å². The minimum Gasteiger partial charge on any atom is -0.320 e. The molecule has 18 heavy (non-hydrogen) atoms. The van der Waals surface area contributed by atoms with Crippen molar-refractivity contribution in [3.63, 3.8) is 0 Å².